The van der Waals surface area contributed by atoms with Gasteiger partial charge in [0.2, 0.25) is 0 Å². The first-order valence-electron chi connectivity index (χ1n) is 8.71. The van der Waals surface area contributed by atoms with Gasteiger partial charge in [-0.3, -0.25) is 9.67 Å². The van der Waals surface area contributed by atoms with Gasteiger partial charge in [0.25, 0.3) is 0 Å². The van der Waals surface area contributed by atoms with Crippen LogP contribution in [-0.2, 0) is 18.3 Å². The second kappa shape index (κ2) is 9.86. The fourth-order valence-electron chi connectivity index (χ4n) is 2.91. The first kappa shape index (κ1) is 20.6. The molecule has 26 heavy (non-hydrogen) atoms. The first-order valence-corrected chi connectivity index (χ1v) is 8.71. The summed E-state index contributed by atoms with van der Waals surface area (Å²) < 4.78 is 7.73. The summed E-state index contributed by atoms with van der Waals surface area (Å²) in [5, 5.41) is 7.64. The van der Waals surface area contributed by atoms with Crippen molar-refractivity contribution in [2.45, 2.75) is 26.5 Å². The summed E-state index contributed by atoms with van der Waals surface area (Å²) in [6, 6.07) is 4.02. The minimum absolute atomic E-state index is 0. The molecule has 0 radical (unpaired) electrons. The Labute approximate surface area is 171 Å². The highest BCUT2D eigenvalue weighted by atomic mass is 127. The molecular weight excluding hydrogens is 443 g/mol. The van der Waals surface area contributed by atoms with Crippen LogP contribution in [0, 0.1) is 6.92 Å². The first-order chi connectivity index (χ1) is 12.2. The van der Waals surface area contributed by atoms with Gasteiger partial charge in [0.1, 0.15) is 6.10 Å². The standard InChI is InChI=1S/C18H26N6O.HI/c1-4-19-18(21-11-16-14(2)6-5-7-20-16)24-8-9-25-17(13-24)15-10-22-23(3)12-15;/h5-7,10,12,17H,4,8-9,11,13H2,1-3H3,(H,19,21);1H. The molecule has 8 heteroatoms. The predicted octanol–water partition coefficient (Wildman–Crippen LogP) is 2.28. The Bertz CT molecular complexity index is 732. The Hall–Kier alpha value is -1.68. The number of halogens is 1. The highest BCUT2D eigenvalue weighted by molar-refractivity contribution is 14.0. The van der Waals surface area contributed by atoms with Crippen molar-refractivity contribution in [3.8, 4) is 0 Å². The maximum Gasteiger partial charge on any atom is 0.194 e. The van der Waals surface area contributed by atoms with Crippen LogP contribution in [0.25, 0.3) is 0 Å². The molecule has 142 valence electrons. The lowest BCUT2D eigenvalue weighted by atomic mass is 10.1. The molecule has 3 heterocycles. The second-order valence-corrected chi connectivity index (χ2v) is 6.19. The largest absolute Gasteiger partial charge is 0.370 e. The van der Waals surface area contributed by atoms with Gasteiger partial charge >= 0.3 is 0 Å². The Morgan fingerprint density at radius 2 is 2.31 bits per heavy atom. The third-order valence-corrected chi connectivity index (χ3v) is 4.29. The van der Waals surface area contributed by atoms with Gasteiger partial charge in [-0.15, -0.1) is 24.0 Å². The minimum Gasteiger partial charge on any atom is -0.370 e. The summed E-state index contributed by atoms with van der Waals surface area (Å²) in [5.41, 5.74) is 3.27. The molecule has 0 spiro atoms. The number of guanidine groups is 1. The molecule has 1 fully saturated rings. The minimum atomic E-state index is 0. The van der Waals surface area contributed by atoms with Crippen molar-refractivity contribution in [3.63, 3.8) is 0 Å². The van der Waals surface area contributed by atoms with E-state index in [9.17, 15) is 0 Å². The fraction of sp³-hybridized carbons (Fsp3) is 0.500. The third kappa shape index (κ3) is 5.16. The zero-order valence-corrected chi connectivity index (χ0v) is 17.9. The molecule has 0 aliphatic carbocycles. The Balaban J connectivity index is 0.00000243. The van der Waals surface area contributed by atoms with Crippen molar-refractivity contribution in [2.75, 3.05) is 26.2 Å². The Morgan fingerprint density at radius 1 is 1.46 bits per heavy atom. The van der Waals surface area contributed by atoms with E-state index in [-0.39, 0.29) is 30.1 Å². The van der Waals surface area contributed by atoms with E-state index < -0.39 is 0 Å². The predicted molar refractivity (Wildman–Crippen MR) is 113 cm³/mol. The van der Waals surface area contributed by atoms with Crippen molar-refractivity contribution in [1.82, 2.24) is 25.0 Å². The van der Waals surface area contributed by atoms with Crippen LogP contribution in [0.3, 0.4) is 0 Å². The summed E-state index contributed by atoms with van der Waals surface area (Å²) >= 11 is 0. The van der Waals surface area contributed by atoms with E-state index in [4.69, 9.17) is 9.73 Å². The number of rotatable bonds is 4. The van der Waals surface area contributed by atoms with Gasteiger partial charge in [-0.1, -0.05) is 6.07 Å². The summed E-state index contributed by atoms with van der Waals surface area (Å²) in [7, 11) is 1.92. The van der Waals surface area contributed by atoms with Gasteiger partial charge in [0, 0.05) is 38.1 Å². The zero-order chi connectivity index (χ0) is 17.6. The van der Waals surface area contributed by atoms with Crippen LogP contribution < -0.4 is 5.32 Å². The van der Waals surface area contributed by atoms with Crippen molar-refractivity contribution in [3.05, 3.63) is 47.5 Å². The number of aliphatic imine (C=N–C) groups is 1. The van der Waals surface area contributed by atoms with E-state index in [1.54, 1.807) is 4.68 Å². The fourth-order valence-corrected chi connectivity index (χ4v) is 2.91. The lowest BCUT2D eigenvalue weighted by Gasteiger charge is -2.34. The number of aryl methyl sites for hydroxylation is 2. The molecule has 0 aromatic carbocycles. The summed E-state index contributed by atoms with van der Waals surface area (Å²) in [6.07, 6.45) is 5.71. The van der Waals surface area contributed by atoms with Gasteiger partial charge in [-0.25, -0.2) is 4.99 Å². The highest BCUT2D eigenvalue weighted by Gasteiger charge is 2.25. The number of ether oxygens (including phenoxy) is 1. The van der Waals surface area contributed by atoms with Crippen LogP contribution in [0.2, 0.25) is 0 Å². The van der Waals surface area contributed by atoms with E-state index in [1.165, 1.54) is 0 Å². The molecular formula is C18H27IN6O. The lowest BCUT2D eigenvalue weighted by molar-refractivity contribution is -0.00805. The van der Waals surface area contributed by atoms with Gasteiger partial charge in [0.15, 0.2) is 5.96 Å². The molecule has 2 aromatic heterocycles. The molecule has 1 saturated heterocycles. The van der Waals surface area contributed by atoms with Gasteiger partial charge < -0.3 is 15.0 Å². The third-order valence-electron chi connectivity index (χ3n) is 4.29. The molecule has 1 N–H and O–H groups in total. The van der Waals surface area contributed by atoms with Crippen LogP contribution in [-0.4, -0.2) is 51.9 Å². The van der Waals surface area contributed by atoms with Crippen molar-refractivity contribution in [2.24, 2.45) is 12.0 Å². The number of aromatic nitrogens is 3. The molecule has 0 bridgehead atoms. The SMILES string of the molecule is CCNC(=NCc1ncccc1C)N1CCOC(c2cnn(C)c2)C1.I. The highest BCUT2D eigenvalue weighted by Crippen LogP contribution is 2.21. The molecule has 1 atom stereocenters. The van der Waals surface area contributed by atoms with Crippen LogP contribution in [0.1, 0.15) is 29.8 Å². The number of nitrogens with one attached hydrogen (secondary N) is 1. The van der Waals surface area contributed by atoms with Crippen LogP contribution in [0.4, 0.5) is 0 Å². The number of hydrogen-bond acceptors (Lipinski definition) is 4. The average Bonchev–Trinajstić information content (AvgIpc) is 3.06. The molecule has 1 unspecified atom stereocenters. The quantitative estimate of drug-likeness (QED) is 0.422. The van der Waals surface area contributed by atoms with Crippen molar-refractivity contribution >= 4 is 29.9 Å². The second-order valence-electron chi connectivity index (χ2n) is 6.19. The van der Waals surface area contributed by atoms with E-state index in [1.807, 2.05) is 31.7 Å². The lowest BCUT2D eigenvalue weighted by Crippen LogP contribution is -2.48. The van der Waals surface area contributed by atoms with Crippen LogP contribution in [0.5, 0.6) is 0 Å². The topological polar surface area (TPSA) is 67.6 Å². The van der Waals surface area contributed by atoms with Crippen molar-refractivity contribution in [1.29, 1.82) is 0 Å². The average molecular weight is 470 g/mol. The monoisotopic (exact) mass is 470 g/mol. The van der Waals surface area contributed by atoms with Gasteiger partial charge in [-0.05, 0) is 25.5 Å². The zero-order valence-electron chi connectivity index (χ0n) is 15.6. The molecule has 1 aliphatic heterocycles. The number of morpholine rings is 1. The maximum absolute atomic E-state index is 5.93. The number of pyridine rings is 1. The molecule has 0 saturated carbocycles. The summed E-state index contributed by atoms with van der Waals surface area (Å²) in [6.45, 7) is 7.81. The summed E-state index contributed by atoms with van der Waals surface area (Å²) in [5.74, 6) is 0.907. The van der Waals surface area contributed by atoms with Crippen LogP contribution in [0.15, 0.2) is 35.7 Å². The Kier molecular flexibility index (Phi) is 7.83. The van der Waals surface area contributed by atoms with E-state index in [0.717, 1.165) is 42.4 Å². The van der Waals surface area contributed by atoms with Crippen LogP contribution >= 0.6 is 24.0 Å². The molecule has 0 amide bonds. The van der Waals surface area contributed by atoms with E-state index in [2.05, 4.69) is 40.2 Å². The van der Waals surface area contributed by atoms with Gasteiger partial charge in [0.05, 0.1) is 31.6 Å². The normalized spacial score (nSPS) is 17.7. The maximum atomic E-state index is 5.93. The number of nitrogens with zero attached hydrogens (tertiary/aromatic N) is 5. The number of hydrogen-bond donors (Lipinski definition) is 1. The molecule has 2 aromatic rings. The van der Waals surface area contributed by atoms with Gasteiger partial charge in [-0.2, -0.15) is 5.10 Å². The molecule has 7 nitrogen and oxygen atoms in total. The smallest absolute Gasteiger partial charge is 0.194 e. The molecule has 1 aliphatic rings. The van der Waals surface area contributed by atoms with E-state index >= 15 is 0 Å². The molecule has 3 rings (SSSR count). The van der Waals surface area contributed by atoms with Crippen molar-refractivity contribution < 1.29 is 4.74 Å². The summed E-state index contributed by atoms with van der Waals surface area (Å²) in [4.78, 5) is 11.5. The van der Waals surface area contributed by atoms with E-state index in [0.29, 0.717) is 13.2 Å². The Morgan fingerprint density at radius 3 is 3.00 bits per heavy atom.